The lowest BCUT2D eigenvalue weighted by Gasteiger charge is -2.36. The number of hydrogen-bond acceptors (Lipinski definition) is 6. The Kier molecular flexibility index (Phi) is 7.73. The van der Waals surface area contributed by atoms with Crippen molar-refractivity contribution in [1.82, 2.24) is 4.90 Å². The minimum absolute atomic E-state index is 0.00285. The van der Waals surface area contributed by atoms with Crippen LogP contribution in [0.2, 0.25) is 0 Å². The summed E-state index contributed by atoms with van der Waals surface area (Å²) in [7, 11) is 0. The first kappa shape index (κ1) is 25.3. The molecule has 0 unspecified atom stereocenters. The van der Waals surface area contributed by atoms with Crippen LogP contribution in [0.25, 0.3) is 6.08 Å². The number of non-ortho nitro benzene ring substituents is 1. The molecule has 0 saturated carbocycles. The van der Waals surface area contributed by atoms with Gasteiger partial charge < -0.3 is 15.1 Å². The number of anilines is 2. The summed E-state index contributed by atoms with van der Waals surface area (Å²) in [6.07, 6.45) is 1.46. The first-order valence-electron chi connectivity index (χ1n) is 11.8. The highest BCUT2D eigenvalue weighted by Crippen LogP contribution is 2.21. The molecule has 1 N–H and O–H groups in total. The first-order valence-corrected chi connectivity index (χ1v) is 11.8. The molecule has 1 saturated heterocycles. The SMILES string of the molecule is CC(=O)c1ccc(N2CCN(C(=O)/C(=C/c3ccc([N+](=O)[O-])cc3)C(=O)Nc3ccccc3)CC2)cc1. The van der Waals surface area contributed by atoms with Gasteiger partial charge in [-0.2, -0.15) is 0 Å². The van der Waals surface area contributed by atoms with E-state index >= 15 is 0 Å². The number of nitrogens with one attached hydrogen (secondary N) is 1. The highest BCUT2D eigenvalue weighted by atomic mass is 16.6. The molecule has 1 aliphatic heterocycles. The van der Waals surface area contributed by atoms with E-state index in [0.717, 1.165) is 5.69 Å². The summed E-state index contributed by atoms with van der Waals surface area (Å²) in [5.74, 6) is -0.974. The number of para-hydroxylation sites is 1. The van der Waals surface area contributed by atoms with Crippen LogP contribution in [0.1, 0.15) is 22.8 Å². The molecule has 4 rings (SSSR count). The van der Waals surface area contributed by atoms with Gasteiger partial charge >= 0.3 is 0 Å². The van der Waals surface area contributed by atoms with Crippen LogP contribution in [0.4, 0.5) is 17.1 Å². The van der Waals surface area contributed by atoms with Crippen molar-refractivity contribution in [2.24, 2.45) is 0 Å². The summed E-state index contributed by atoms with van der Waals surface area (Å²) >= 11 is 0. The van der Waals surface area contributed by atoms with Crippen LogP contribution in [0.15, 0.2) is 84.4 Å². The molecule has 37 heavy (non-hydrogen) atoms. The molecule has 3 aromatic rings. The fraction of sp³-hybridized carbons (Fsp3) is 0.179. The molecule has 188 valence electrons. The number of ketones is 1. The van der Waals surface area contributed by atoms with E-state index in [4.69, 9.17) is 0 Å². The van der Waals surface area contributed by atoms with Gasteiger partial charge in [0, 0.05) is 55.2 Å². The highest BCUT2D eigenvalue weighted by molar-refractivity contribution is 6.25. The molecule has 9 nitrogen and oxygen atoms in total. The van der Waals surface area contributed by atoms with Gasteiger partial charge in [-0.25, -0.2) is 0 Å². The standard InChI is InChI=1S/C28H26N4O5/c1-20(33)22-9-13-24(14-10-22)30-15-17-31(18-16-30)28(35)26(27(34)29-23-5-3-2-4-6-23)19-21-7-11-25(12-8-21)32(36)37/h2-14,19H,15-18H2,1H3,(H,29,34)/b26-19+. The summed E-state index contributed by atoms with van der Waals surface area (Å²) < 4.78 is 0. The third kappa shape index (κ3) is 6.26. The fourth-order valence-electron chi connectivity index (χ4n) is 4.05. The third-order valence-corrected chi connectivity index (χ3v) is 6.13. The summed E-state index contributed by atoms with van der Waals surface area (Å²) in [5.41, 5.74) is 2.52. The molecule has 1 aliphatic rings. The largest absolute Gasteiger partial charge is 0.368 e. The minimum atomic E-state index is -0.559. The van der Waals surface area contributed by atoms with E-state index < -0.39 is 16.7 Å². The molecule has 1 heterocycles. The van der Waals surface area contributed by atoms with E-state index in [1.165, 1.54) is 37.3 Å². The summed E-state index contributed by atoms with van der Waals surface area (Å²) in [6, 6.07) is 21.8. The monoisotopic (exact) mass is 498 g/mol. The second-order valence-corrected chi connectivity index (χ2v) is 8.61. The first-order chi connectivity index (χ1) is 17.8. The Morgan fingerprint density at radius 3 is 2.05 bits per heavy atom. The molecule has 2 amide bonds. The Bertz CT molecular complexity index is 1330. The molecule has 0 aliphatic carbocycles. The number of nitro benzene ring substituents is 1. The lowest BCUT2D eigenvalue weighted by atomic mass is 10.1. The van der Waals surface area contributed by atoms with Gasteiger partial charge in [-0.1, -0.05) is 18.2 Å². The van der Waals surface area contributed by atoms with Crippen molar-refractivity contribution < 1.29 is 19.3 Å². The average Bonchev–Trinajstić information content (AvgIpc) is 2.92. The maximum Gasteiger partial charge on any atom is 0.269 e. The Labute approximate surface area is 214 Å². The van der Waals surface area contributed by atoms with Gasteiger partial charge in [-0.15, -0.1) is 0 Å². The number of benzene rings is 3. The molecule has 9 heteroatoms. The lowest BCUT2D eigenvalue weighted by Crippen LogP contribution is -2.50. The fourth-order valence-corrected chi connectivity index (χ4v) is 4.05. The number of piperazine rings is 1. The minimum Gasteiger partial charge on any atom is -0.368 e. The number of carbonyl (C=O) groups excluding carboxylic acids is 3. The van der Waals surface area contributed by atoms with Crippen molar-refractivity contribution >= 4 is 40.7 Å². The number of carbonyl (C=O) groups is 3. The topological polar surface area (TPSA) is 113 Å². The third-order valence-electron chi connectivity index (χ3n) is 6.13. The molecule has 3 aromatic carbocycles. The van der Waals surface area contributed by atoms with Gasteiger partial charge in [0.05, 0.1) is 4.92 Å². The molecule has 0 aromatic heterocycles. The van der Waals surface area contributed by atoms with Gasteiger partial charge in [-0.3, -0.25) is 24.5 Å². The van der Waals surface area contributed by atoms with Crippen LogP contribution in [0, 0.1) is 10.1 Å². The molecular formula is C28H26N4O5. The zero-order chi connectivity index (χ0) is 26.4. The van der Waals surface area contributed by atoms with Crippen LogP contribution >= 0.6 is 0 Å². The average molecular weight is 499 g/mol. The van der Waals surface area contributed by atoms with Crippen molar-refractivity contribution in [2.45, 2.75) is 6.92 Å². The molecule has 0 spiro atoms. The van der Waals surface area contributed by atoms with E-state index in [1.807, 2.05) is 18.2 Å². The van der Waals surface area contributed by atoms with E-state index in [9.17, 15) is 24.5 Å². The van der Waals surface area contributed by atoms with Crippen molar-refractivity contribution in [2.75, 3.05) is 36.4 Å². The molecule has 0 atom stereocenters. The van der Waals surface area contributed by atoms with E-state index in [-0.39, 0.29) is 17.0 Å². The van der Waals surface area contributed by atoms with Crippen molar-refractivity contribution in [3.8, 4) is 0 Å². The van der Waals surface area contributed by atoms with Crippen LogP contribution in [0.5, 0.6) is 0 Å². The predicted molar refractivity (Wildman–Crippen MR) is 141 cm³/mol. The number of Topliss-reactive ketones (excluding diaryl/α,β-unsaturated/α-hetero) is 1. The number of rotatable bonds is 7. The number of nitrogens with zero attached hydrogens (tertiary/aromatic N) is 3. The zero-order valence-electron chi connectivity index (χ0n) is 20.3. The second-order valence-electron chi connectivity index (χ2n) is 8.61. The Hall–Kier alpha value is -4.79. The van der Waals surface area contributed by atoms with E-state index in [0.29, 0.717) is 43.0 Å². The molecule has 0 radical (unpaired) electrons. The number of hydrogen-bond donors (Lipinski definition) is 1. The van der Waals surface area contributed by atoms with Gasteiger partial charge in [0.1, 0.15) is 5.57 Å². The van der Waals surface area contributed by atoms with Gasteiger partial charge in [0.15, 0.2) is 5.78 Å². The van der Waals surface area contributed by atoms with Crippen molar-refractivity contribution in [3.63, 3.8) is 0 Å². The predicted octanol–water partition coefficient (Wildman–Crippen LogP) is 4.17. The smallest absolute Gasteiger partial charge is 0.269 e. The number of nitro groups is 1. The van der Waals surface area contributed by atoms with Crippen molar-refractivity contribution in [3.05, 3.63) is 106 Å². The summed E-state index contributed by atoms with van der Waals surface area (Å²) in [6.45, 7) is 3.47. The zero-order valence-corrected chi connectivity index (χ0v) is 20.3. The van der Waals surface area contributed by atoms with Crippen LogP contribution in [-0.4, -0.2) is 53.6 Å². The maximum absolute atomic E-state index is 13.5. The molecule has 0 bridgehead atoms. The van der Waals surface area contributed by atoms with Gasteiger partial charge in [-0.05, 0) is 67.1 Å². The molecule has 1 fully saturated rings. The van der Waals surface area contributed by atoms with Gasteiger partial charge in [0.2, 0.25) is 0 Å². The maximum atomic E-state index is 13.5. The summed E-state index contributed by atoms with van der Waals surface area (Å²) in [4.78, 5) is 52.4. The van der Waals surface area contributed by atoms with Crippen molar-refractivity contribution in [1.29, 1.82) is 0 Å². The van der Waals surface area contributed by atoms with Crippen LogP contribution in [0.3, 0.4) is 0 Å². The number of amides is 2. The van der Waals surface area contributed by atoms with E-state index in [1.54, 1.807) is 41.3 Å². The van der Waals surface area contributed by atoms with E-state index in [2.05, 4.69) is 10.2 Å². The highest BCUT2D eigenvalue weighted by Gasteiger charge is 2.27. The Morgan fingerprint density at radius 1 is 0.865 bits per heavy atom. The quantitative estimate of drug-likeness (QED) is 0.131. The van der Waals surface area contributed by atoms with Gasteiger partial charge in [0.25, 0.3) is 17.5 Å². The Balaban J connectivity index is 1.52. The Morgan fingerprint density at radius 2 is 1.49 bits per heavy atom. The second kappa shape index (κ2) is 11.3. The molecular weight excluding hydrogens is 472 g/mol. The van der Waals surface area contributed by atoms with Crippen LogP contribution in [-0.2, 0) is 9.59 Å². The normalized spacial score (nSPS) is 13.7. The van der Waals surface area contributed by atoms with Crippen LogP contribution < -0.4 is 10.2 Å². The lowest BCUT2D eigenvalue weighted by molar-refractivity contribution is -0.384. The summed E-state index contributed by atoms with van der Waals surface area (Å²) in [5, 5.41) is 13.7.